The van der Waals surface area contributed by atoms with Crippen LogP contribution in [0.2, 0.25) is 0 Å². The molecule has 3 nitrogen and oxygen atoms in total. The summed E-state index contributed by atoms with van der Waals surface area (Å²) in [6.07, 6.45) is 2.62. The highest BCUT2D eigenvalue weighted by molar-refractivity contribution is 5.36. The standard InChI is InChI=1S/C13H15NO2/c14-9-12-2-1-3-13(8-12)16-7-6-15-10-11-4-5-11/h1-3,8,11H,4-7,10H2. The van der Waals surface area contributed by atoms with E-state index in [1.165, 1.54) is 12.8 Å². The van der Waals surface area contributed by atoms with Crippen LogP contribution in [0.25, 0.3) is 0 Å². The quantitative estimate of drug-likeness (QED) is 0.687. The van der Waals surface area contributed by atoms with Gasteiger partial charge in [0.25, 0.3) is 0 Å². The van der Waals surface area contributed by atoms with Gasteiger partial charge >= 0.3 is 0 Å². The zero-order valence-corrected chi connectivity index (χ0v) is 9.19. The summed E-state index contributed by atoms with van der Waals surface area (Å²) in [6, 6.07) is 9.25. The van der Waals surface area contributed by atoms with Gasteiger partial charge in [0.2, 0.25) is 0 Å². The van der Waals surface area contributed by atoms with Gasteiger partial charge in [-0.15, -0.1) is 0 Å². The highest BCUT2D eigenvalue weighted by atomic mass is 16.5. The molecule has 1 fully saturated rings. The van der Waals surface area contributed by atoms with Crippen LogP contribution in [0.1, 0.15) is 18.4 Å². The van der Waals surface area contributed by atoms with Crippen molar-refractivity contribution in [1.29, 1.82) is 5.26 Å². The summed E-state index contributed by atoms with van der Waals surface area (Å²) < 4.78 is 10.9. The lowest BCUT2D eigenvalue weighted by Crippen LogP contribution is -2.08. The summed E-state index contributed by atoms with van der Waals surface area (Å²) in [4.78, 5) is 0. The molecule has 16 heavy (non-hydrogen) atoms. The molecule has 0 atom stereocenters. The van der Waals surface area contributed by atoms with Crippen LogP contribution in [-0.2, 0) is 4.74 Å². The van der Waals surface area contributed by atoms with Crippen molar-refractivity contribution >= 4 is 0 Å². The molecule has 1 aliphatic rings. The fourth-order valence-corrected chi connectivity index (χ4v) is 1.41. The second-order valence-electron chi connectivity index (χ2n) is 4.01. The number of hydrogen-bond acceptors (Lipinski definition) is 3. The van der Waals surface area contributed by atoms with Crippen LogP contribution in [0.15, 0.2) is 24.3 Å². The van der Waals surface area contributed by atoms with E-state index in [0.717, 1.165) is 18.3 Å². The Morgan fingerprint density at radius 3 is 2.94 bits per heavy atom. The lowest BCUT2D eigenvalue weighted by Gasteiger charge is -2.06. The van der Waals surface area contributed by atoms with Gasteiger partial charge < -0.3 is 9.47 Å². The van der Waals surface area contributed by atoms with Crippen LogP contribution < -0.4 is 4.74 Å². The molecule has 2 rings (SSSR count). The summed E-state index contributed by atoms with van der Waals surface area (Å²) in [5.41, 5.74) is 0.622. The first-order chi connectivity index (χ1) is 7.88. The molecule has 0 unspecified atom stereocenters. The Morgan fingerprint density at radius 2 is 2.19 bits per heavy atom. The highest BCUT2D eigenvalue weighted by Gasteiger charge is 2.20. The van der Waals surface area contributed by atoms with E-state index in [4.69, 9.17) is 14.7 Å². The van der Waals surface area contributed by atoms with Crippen LogP contribution >= 0.6 is 0 Å². The Kier molecular flexibility index (Phi) is 3.79. The average molecular weight is 217 g/mol. The van der Waals surface area contributed by atoms with Crippen molar-refractivity contribution in [3.05, 3.63) is 29.8 Å². The van der Waals surface area contributed by atoms with Crippen molar-refractivity contribution in [2.45, 2.75) is 12.8 Å². The topological polar surface area (TPSA) is 42.2 Å². The third kappa shape index (κ3) is 3.56. The molecule has 1 saturated carbocycles. The van der Waals surface area contributed by atoms with Crippen molar-refractivity contribution < 1.29 is 9.47 Å². The number of nitriles is 1. The highest BCUT2D eigenvalue weighted by Crippen LogP contribution is 2.28. The second kappa shape index (κ2) is 5.53. The van der Waals surface area contributed by atoms with E-state index in [0.29, 0.717) is 18.8 Å². The molecule has 0 radical (unpaired) electrons. The fraction of sp³-hybridized carbons (Fsp3) is 0.462. The van der Waals surface area contributed by atoms with Gasteiger partial charge in [0.05, 0.1) is 18.2 Å². The fourth-order valence-electron chi connectivity index (χ4n) is 1.41. The molecule has 0 heterocycles. The molecule has 84 valence electrons. The lowest BCUT2D eigenvalue weighted by atomic mass is 10.2. The molecule has 1 aliphatic carbocycles. The number of rotatable bonds is 6. The maximum Gasteiger partial charge on any atom is 0.120 e. The van der Waals surface area contributed by atoms with Gasteiger partial charge in [0, 0.05) is 6.61 Å². The third-order valence-electron chi connectivity index (χ3n) is 2.51. The zero-order chi connectivity index (χ0) is 11.2. The third-order valence-corrected chi connectivity index (χ3v) is 2.51. The number of ether oxygens (including phenoxy) is 2. The Labute approximate surface area is 95.6 Å². The van der Waals surface area contributed by atoms with Gasteiger partial charge in [-0.1, -0.05) is 6.07 Å². The minimum atomic E-state index is 0.543. The number of nitrogens with zero attached hydrogens (tertiary/aromatic N) is 1. The summed E-state index contributed by atoms with van der Waals surface area (Å²) >= 11 is 0. The first-order valence-corrected chi connectivity index (χ1v) is 5.59. The normalized spacial score (nSPS) is 14.4. The largest absolute Gasteiger partial charge is 0.491 e. The first-order valence-electron chi connectivity index (χ1n) is 5.59. The predicted octanol–water partition coefficient (Wildman–Crippen LogP) is 2.36. The molecule has 0 spiro atoms. The first kappa shape index (κ1) is 11.0. The van der Waals surface area contributed by atoms with Crippen molar-refractivity contribution in [1.82, 2.24) is 0 Å². The maximum atomic E-state index is 8.71. The summed E-state index contributed by atoms with van der Waals surface area (Å²) in [5, 5.41) is 8.71. The number of benzene rings is 1. The minimum absolute atomic E-state index is 0.543. The monoisotopic (exact) mass is 217 g/mol. The predicted molar refractivity (Wildman–Crippen MR) is 60.2 cm³/mol. The van der Waals surface area contributed by atoms with E-state index >= 15 is 0 Å². The Balaban J connectivity index is 1.65. The maximum absolute atomic E-state index is 8.71. The Hall–Kier alpha value is -1.53. The molecule has 0 amide bonds. The molecule has 1 aromatic carbocycles. The van der Waals surface area contributed by atoms with Gasteiger partial charge in [-0.3, -0.25) is 0 Å². The molecule has 1 aromatic rings. The molecule has 0 aromatic heterocycles. The molecule has 0 bridgehead atoms. The van der Waals surface area contributed by atoms with Crippen LogP contribution in [0, 0.1) is 17.2 Å². The van der Waals surface area contributed by atoms with Gasteiger partial charge in [0.15, 0.2) is 0 Å². The van der Waals surface area contributed by atoms with Gasteiger partial charge in [-0.25, -0.2) is 0 Å². The van der Waals surface area contributed by atoms with Crippen molar-refractivity contribution in [2.75, 3.05) is 19.8 Å². The van der Waals surface area contributed by atoms with Crippen molar-refractivity contribution in [3.63, 3.8) is 0 Å². The zero-order valence-electron chi connectivity index (χ0n) is 9.19. The molecule has 0 N–H and O–H groups in total. The van der Waals surface area contributed by atoms with E-state index < -0.39 is 0 Å². The van der Waals surface area contributed by atoms with Gasteiger partial charge in [-0.05, 0) is 37.0 Å². The smallest absolute Gasteiger partial charge is 0.120 e. The van der Waals surface area contributed by atoms with Crippen LogP contribution in [0.4, 0.5) is 0 Å². The van der Waals surface area contributed by atoms with E-state index in [-0.39, 0.29) is 0 Å². The van der Waals surface area contributed by atoms with Crippen LogP contribution in [0.5, 0.6) is 5.75 Å². The summed E-state index contributed by atoms with van der Waals surface area (Å²) in [5.74, 6) is 1.52. The van der Waals surface area contributed by atoms with E-state index in [1.54, 1.807) is 12.1 Å². The Morgan fingerprint density at radius 1 is 1.31 bits per heavy atom. The van der Waals surface area contributed by atoms with E-state index in [9.17, 15) is 0 Å². The van der Waals surface area contributed by atoms with Gasteiger partial charge in [0.1, 0.15) is 12.4 Å². The van der Waals surface area contributed by atoms with E-state index in [1.807, 2.05) is 12.1 Å². The lowest BCUT2D eigenvalue weighted by molar-refractivity contribution is 0.0927. The summed E-state index contributed by atoms with van der Waals surface area (Å²) in [6.45, 7) is 2.02. The minimum Gasteiger partial charge on any atom is -0.491 e. The van der Waals surface area contributed by atoms with Crippen LogP contribution in [-0.4, -0.2) is 19.8 Å². The molecule has 0 saturated heterocycles. The van der Waals surface area contributed by atoms with Crippen molar-refractivity contribution in [2.24, 2.45) is 5.92 Å². The van der Waals surface area contributed by atoms with Crippen LogP contribution in [0.3, 0.4) is 0 Å². The molecule has 0 aliphatic heterocycles. The molecule has 3 heteroatoms. The average Bonchev–Trinajstić information content (AvgIpc) is 3.13. The second-order valence-corrected chi connectivity index (χ2v) is 4.01. The summed E-state index contributed by atoms with van der Waals surface area (Å²) in [7, 11) is 0. The SMILES string of the molecule is N#Cc1cccc(OCCOCC2CC2)c1. The van der Waals surface area contributed by atoms with Crippen molar-refractivity contribution in [3.8, 4) is 11.8 Å². The Bertz CT molecular complexity index is 380. The number of hydrogen-bond donors (Lipinski definition) is 0. The van der Waals surface area contributed by atoms with E-state index in [2.05, 4.69) is 6.07 Å². The molecular weight excluding hydrogens is 202 g/mol. The van der Waals surface area contributed by atoms with Gasteiger partial charge in [-0.2, -0.15) is 5.26 Å². The molecular formula is C13H15NO2.